The van der Waals surface area contributed by atoms with Crippen LogP contribution < -0.4 is 11.1 Å². The minimum Gasteiger partial charge on any atom is -0.370 e. The molecule has 0 bridgehead atoms. The number of nitrogens with two attached hydrogens (primary N) is 1. The molecule has 1 atom stereocenters. The number of hydrogen-bond donors (Lipinski definition) is 2. The van der Waals surface area contributed by atoms with Crippen molar-refractivity contribution in [2.75, 3.05) is 13.1 Å². The van der Waals surface area contributed by atoms with Gasteiger partial charge in [0, 0.05) is 19.0 Å². The van der Waals surface area contributed by atoms with Crippen molar-refractivity contribution in [1.29, 1.82) is 0 Å². The molecule has 0 aliphatic rings. The lowest BCUT2D eigenvalue weighted by atomic mass is 10.0. The minimum absolute atomic E-state index is 0. The number of nitrogens with one attached hydrogen (secondary N) is 1. The second-order valence-electron chi connectivity index (χ2n) is 5.15. The molecule has 0 saturated heterocycles. The molecule has 1 rings (SSSR count). The zero-order chi connectivity index (χ0) is 13.4. The molecule has 3 N–H and O–H groups in total. The molecule has 1 aromatic rings. The van der Waals surface area contributed by atoms with Gasteiger partial charge in [0.05, 0.1) is 0 Å². The molecule has 0 aromatic heterocycles. The predicted molar refractivity (Wildman–Crippen MR) is 94.2 cm³/mol. The lowest BCUT2D eigenvalue weighted by Crippen LogP contribution is -2.33. The Morgan fingerprint density at radius 2 is 1.84 bits per heavy atom. The highest BCUT2D eigenvalue weighted by molar-refractivity contribution is 14.0. The standard InChI is InChI=1S/C15H25N3.HI/c1-12(2)9-10-17-15(16)18-11-13(3)14-7-5-4-6-8-14;/h4-8,12-13H,9-11H2,1-3H3,(H3,16,17,18);1H. The van der Waals surface area contributed by atoms with E-state index >= 15 is 0 Å². The Morgan fingerprint density at radius 1 is 1.21 bits per heavy atom. The SMILES string of the molecule is CC(C)CCNC(N)=NCC(C)c1ccccc1.I. The molecule has 0 fully saturated rings. The summed E-state index contributed by atoms with van der Waals surface area (Å²) in [6.07, 6.45) is 1.12. The van der Waals surface area contributed by atoms with Gasteiger partial charge in [-0.15, -0.1) is 24.0 Å². The fourth-order valence-electron chi connectivity index (χ4n) is 1.67. The molecular formula is C15H26IN3. The summed E-state index contributed by atoms with van der Waals surface area (Å²) in [5.74, 6) is 1.64. The highest BCUT2D eigenvalue weighted by atomic mass is 127. The van der Waals surface area contributed by atoms with Crippen molar-refractivity contribution in [3.8, 4) is 0 Å². The van der Waals surface area contributed by atoms with Gasteiger partial charge in [0.15, 0.2) is 5.96 Å². The number of hydrogen-bond acceptors (Lipinski definition) is 1. The van der Waals surface area contributed by atoms with Crippen LogP contribution in [0.1, 0.15) is 38.7 Å². The highest BCUT2D eigenvalue weighted by Crippen LogP contribution is 2.14. The van der Waals surface area contributed by atoms with Gasteiger partial charge in [-0.25, -0.2) is 0 Å². The van der Waals surface area contributed by atoms with E-state index in [1.54, 1.807) is 0 Å². The van der Waals surface area contributed by atoms with Crippen molar-refractivity contribution in [3.05, 3.63) is 35.9 Å². The zero-order valence-electron chi connectivity index (χ0n) is 12.1. The highest BCUT2D eigenvalue weighted by Gasteiger charge is 2.03. The number of rotatable bonds is 6. The summed E-state index contributed by atoms with van der Waals surface area (Å²) in [4.78, 5) is 4.38. The van der Waals surface area contributed by atoms with Gasteiger partial charge in [0.25, 0.3) is 0 Å². The zero-order valence-corrected chi connectivity index (χ0v) is 14.4. The molecule has 1 aromatic carbocycles. The third kappa shape index (κ3) is 8.08. The quantitative estimate of drug-likeness (QED) is 0.455. The summed E-state index contributed by atoms with van der Waals surface area (Å²) in [5, 5.41) is 3.15. The van der Waals surface area contributed by atoms with Crippen LogP contribution in [0.5, 0.6) is 0 Å². The fourth-order valence-corrected chi connectivity index (χ4v) is 1.67. The number of aliphatic imine (C=N–C) groups is 1. The topological polar surface area (TPSA) is 50.4 Å². The Morgan fingerprint density at radius 3 is 2.42 bits per heavy atom. The monoisotopic (exact) mass is 375 g/mol. The largest absolute Gasteiger partial charge is 0.370 e. The van der Waals surface area contributed by atoms with Crippen LogP contribution in [-0.4, -0.2) is 19.0 Å². The minimum atomic E-state index is 0. The van der Waals surface area contributed by atoms with Crippen molar-refractivity contribution < 1.29 is 0 Å². The van der Waals surface area contributed by atoms with E-state index in [-0.39, 0.29) is 24.0 Å². The molecule has 0 radical (unpaired) electrons. The summed E-state index contributed by atoms with van der Waals surface area (Å²) < 4.78 is 0. The van der Waals surface area contributed by atoms with E-state index in [9.17, 15) is 0 Å². The van der Waals surface area contributed by atoms with Crippen LogP contribution in [0.4, 0.5) is 0 Å². The number of benzene rings is 1. The van der Waals surface area contributed by atoms with Gasteiger partial charge in [0.1, 0.15) is 0 Å². The summed E-state index contributed by atoms with van der Waals surface area (Å²) in [6.45, 7) is 8.19. The van der Waals surface area contributed by atoms with Crippen LogP contribution in [0.25, 0.3) is 0 Å². The van der Waals surface area contributed by atoms with Crippen molar-refractivity contribution >= 4 is 29.9 Å². The lowest BCUT2D eigenvalue weighted by Gasteiger charge is -2.11. The Bertz CT molecular complexity index is 363. The molecule has 4 heteroatoms. The number of nitrogens with zero attached hydrogens (tertiary/aromatic N) is 1. The van der Waals surface area contributed by atoms with Crippen LogP contribution in [0.15, 0.2) is 35.3 Å². The Labute approximate surface area is 134 Å². The molecule has 0 heterocycles. The maximum Gasteiger partial charge on any atom is 0.188 e. The van der Waals surface area contributed by atoms with Gasteiger partial charge < -0.3 is 11.1 Å². The number of guanidine groups is 1. The van der Waals surface area contributed by atoms with Crippen LogP contribution in [0.2, 0.25) is 0 Å². The molecule has 0 aliphatic heterocycles. The second-order valence-corrected chi connectivity index (χ2v) is 5.15. The van der Waals surface area contributed by atoms with E-state index in [1.165, 1.54) is 5.56 Å². The molecule has 3 nitrogen and oxygen atoms in total. The van der Waals surface area contributed by atoms with E-state index in [0.717, 1.165) is 19.5 Å². The molecule has 0 spiro atoms. The van der Waals surface area contributed by atoms with Gasteiger partial charge in [-0.3, -0.25) is 4.99 Å². The molecule has 108 valence electrons. The third-order valence-corrected chi connectivity index (χ3v) is 2.93. The summed E-state index contributed by atoms with van der Waals surface area (Å²) in [6, 6.07) is 10.4. The first-order valence-electron chi connectivity index (χ1n) is 6.68. The average Bonchev–Trinajstić information content (AvgIpc) is 2.36. The van der Waals surface area contributed by atoms with Crippen molar-refractivity contribution in [1.82, 2.24) is 5.32 Å². The Balaban J connectivity index is 0.00000324. The molecule has 19 heavy (non-hydrogen) atoms. The molecule has 0 saturated carbocycles. The van der Waals surface area contributed by atoms with E-state index in [2.05, 4.69) is 55.3 Å². The first-order valence-corrected chi connectivity index (χ1v) is 6.68. The fraction of sp³-hybridized carbons (Fsp3) is 0.533. The van der Waals surface area contributed by atoms with Gasteiger partial charge in [-0.1, -0.05) is 51.1 Å². The van der Waals surface area contributed by atoms with Crippen LogP contribution in [0, 0.1) is 5.92 Å². The van der Waals surface area contributed by atoms with Gasteiger partial charge in [-0.2, -0.15) is 0 Å². The van der Waals surface area contributed by atoms with E-state index < -0.39 is 0 Å². The third-order valence-electron chi connectivity index (χ3n) is 2.93. The normalized spacial score (nSPS) is 12.9. The van der Waals surface area contributed by atoms with Crippen LogP contribution >= 0.6 is 24.0 Å². The van der Waals surface area contributed by atoms with Gasteiger partial charge >= 0.3 is 0 Å². The van der Waals surface area contributed by atoms with Crippen molar-refractivity contribution in [2.45, 2.75) is 33.1 Å². The maximum atomic E-state index is 5.83. The molecule has 1 unspecified atom stereocenters. The predicted octanol–water partition coefficient (Wildman–Crippen LogP) is 3.36. The first-order chi connectivity index (χ1) is 8.59. The van der Waals surface area contributed by atoms with Gasteiger partial charge in [-0.05, 0) is 17.9 Å². The molecule has 0 amide bonds. The molecule has 0 aliphatic carbocycles. The number of halogens is 1. The smallest absolute Gasteiger partial charge is 0.188 e. The lowest BCUT2D eigenvalue weighted by molar-refractivity contribution is 0.576. The van der Waals surface area contributed by atoms with Crippen molar-refractivity contribution in [3.63, 3.8) is 0 Å². The maximum absolute atomic E-state index is 5.83. The molecular weight excluding hydrogens is 349 g/mol. The Kier molecular flexibility index (Phi) is 9.65. The van der Waals surface area contributed by atoms with E-state index in [1.807, 2.05) is 6.07 Å². The summed E-state index contributed by atoms with van der Waals surface area (Å²) >= 11 is 0. The van der Waals surface area contributed by atoms with E-state index in [0.29, 0.717) is 17.8 Å². The second kappa shape index (κ2) is 10.1. The summed E-state index contributed by atoms with van der Waals surface area (Å²) in [7, 11) is 0. The Hall–Kier alpha value is -0.780. The van der Waals surface area contributed by atoms with Gasteiger partial charge in [0.2, 0.25) is 0 Å². The van der Waals surface area contributed by atoms with E-state index in [4.69, 9.17) is 5.73 Å². The van der Waals surface area contributed by atoms with Crippen LogP contribution in [0.3, 0.4) is 0 Å². The summed E-state index contributed by atoms with van der Waals surface area (Å²) in [5.41, 5.74) is 7.13. The average molecular weight is 375 g/mol. The first kappa shape index (κ1) is 18.2. The van der Waals surface area contributed by atoms with Crippen molar-refractivity contribution in [2.24, 2.45) is 16.6 Å². The van der Waals surface area contributed by atoms with Crippen LogP contribution in [-0.2, 0) is 0 Å².